The van der Waals surface area contributed by atoms with Crippen molar-refractivity contribution in [2.24, 2.45) is 0 Å². The van der Waals surface area contributed by atoms with Crippen molar-refractivity contribution in [2.75, 3.05) is 56.8 Å². The van der Waals surface area contributed by atoms with E-state index in [0.29, 0.717) is 62.1 Å². The van der Waals surface area contributed by atoms with Crippen LogP contribution in [-0.2, 0) is 0 Å². The average molecular weight is 853 g/mol. The molecule has 0 unspecified atom stereocenters. The van der Waals surface area contributed by atoms with Gasteiger partial charge in [-0.15, -0.1) is 0 Å². The van der Waals surface area contributed by atoms with Crippen LogP contribution in [0.5, 0.6) is 28.7 Å². The number of benzene rings is 7. The lowest BCUT2D eigenvalue weighted by molar-refractivity contribution is 0.0910. The molecule has 0 aliphatic carbocycles. The molecule has 0 aromatic heterocycles. The molecule has 2 aliphatic heterocycles. The smallest absolute Gasteiger partial charge is 0.266 e. The summed E-state index contributed by atoms with van der Waals surface area (Å²) in [6.45, 7) is 0. The number of carbonyl (C=O) groups is 4. The monoisotopic (exact) mass is 852 g/mol. The van der Waals surface area contributed by atoms with Crippen molar-refractivity contribution in [2.45, 2.75) is 0 Å². The molecule has 0 radical (unpaired) electrons. The number of nitrogen functional groups attached to an aromatic ring is 2. The molecular weight excluding hydrogens is 813 g/mol. The van der Waals surface area contributed by atoms with Gasteiger partial charge in [0.25, 0.3) is 23.6 Å². The molecule has 2 aliphatic rings. The molecule has 0 atom stereocenters. The molecule has 4 amide bonds. The third-order valence-electron chi connectivity index (χ3n) is 11.5. The van der Waals surface area contributed by atoms with Gasteiger partial charge in [0.1, 0.15) is 17.2 Å². The fourth-order valence-corrected chi connectivity index (χ4v) is 8.37. The van der Waals surface area contributed by atoms with Crippen LogP contribution in [0.4, 0.5) is 22.7 Å². The lowest BCUT2D eigenvalue weighted by Gasteiger charge is -2.23. The van der Waals surface area contributed by atoms with Crippen LogP contribution < -0.4 is 45.0 Å². The van der Waals surface area contributed by atoms with Gasteiger partial charge in [-0.05, 0) is 95.1 Å². The van der Waals surface area contributed by atoms with Crippen molar-refractivity contribution in [3.8, 4) is 73.3 Å². The number of nitrogens with two attached hydrogens (primary N) is 2. The van der Waals surface area contributed by atoms with Crippen molar-refractivity contribution in [3.63, 3.8) is 0 Å². The maximum absolute atomic E-state index is 14.0. The SMILES string of the molecule is COc1cc(N2C(=O)c3ccc(-c4ccc(N)cc4)cc3C2=O)ccc1-c1ccc(-c2c(OC)cc(N3C(=O)c4ccc(-c5ccc(N)cc5)cc4C3=O)cc2OC)c(OC)c1OC. The van der Waals surface area contributed by atoms with E-state index in [1.54, 1.807) is 97.1 Å². The van der Waals surface area contributed by atoms with Crippen LogP contribution in [0.2, 0.25) is 0 Å². The van der Waals surface area contributed by atoms with Crippen LogP contribution in [0.3, 0.4) is 0 Å². The highest BCUT2D eigenvalue weighted by Gasteiger charge is 2.39. The molecule has 0 saturated heterocycles. The third kappa shape index (κ3) is 6.57. The van der Waals surface area contributed by atoms with Crippen LogP contribution in [0.15, 0.2) is 127 Å². The highest BCUT2D eigenvalue weighted by atomic mass is 16.5. The van der Waals surface area contributed by atoms with Gasteiger partial charge in [-0.2, -0.15) is 0 Å². The Labute approximate surface area is 367 Å². The largest absolute Gasteiger partial charge is 0.496 e. The van der Waals surface area contributed by atoms with E-state index in [2.05, 4.69) is 0 Å². The van der Waals surface area contributed by atoms with E-state index in [4.69, 9.17) is 35.2 Å². The minimum absolute atomic E-state index is 0.241. The summed E-state index contributed by atoms with van der Waals surface area (Å²) >= 11 is 0. The van der Waals surface area contributed by atoms with Gasteiger partial charge in [0.05, 0.1) is 74.7 Å². The number of anilines is 4. The lowest BCUT2D eigenvalue weighted by Crippen LogP contribution is -2.29. The number of ether oxygens (including phenoxy) is 5. The van der Waals surface area contributed by atoms with E-state index in [0.717, 1.165) is 32.1 Å². The second-order valence-electron chi connectivity index (χ2n) is 15.0. The number of hydrogen-bond acceptors (Lipinski definition) is 11. The van der Waals surface area contributed by atoms with E-state index in [1.807, 2.05) is 30.3 Å². The van der Waals surface area contributed by atoms with Crippen molar-refractivity contribution in [3.05, 3.63) is 150 Å². The number of amides is 4. The van der Waals surface area contributed by atoms with E-state index < -0.39 is 23.6 Å². The second-order valence-corrected chi connectivity index (χ2v) is 15.0. The minimum atomic E-state index is -0.496. The second kappa shape index (κ2) is 16.0. The van der Waals surface area contributed by atoms with E-state index in [-0.39, 0.29) is 33.9 Å². The summed E-state index contributed by atoms with van der Waals surface area (Å²) in [6, 6.07) is 36.7. The molecule has 13 heteroatoms. The molecule has 0 saturated carbocycles. The molecule has 4 N–H and O–H groups in total. The van der Waals surface area contributed by atoms with Crippen molar-refractivity contribution >= 4 is 46.4 Å². The zero-order chi connectivity index (χ0) is 45.0. The quantitative estimate of drug-likeness (QED) is 0.0939. The molecule has 0 bridgehead atoms. The number of rotatable bonds is 11. The Hall–Kier alpha value is -8.58. The molecule has 7 aromatic carbocycles. The Bertz CT molecular complexity index is 3070. The van der Waals surface area contributed by atoms with E-state index in [1.165, 1.54) is 35.5 Å². The summed E-state index contributed by atoms with van der Waals surface area (Å²) < 4.78 is 29.7. The average Bonchev–Trinajstić information content (AvgIpc) is 3.73. The predicted octanol–water partition coefficient (Wildman–Crippen LogP) is 9.16. The first-order valence-electron chi connectivity index (χ1n) is 20.0. The highest BCUT2D eigenvalue weighted by molar-refractivity contribution is 6.35. The Morgan fingerprint density at radius 3 is 1.19 bits per heavy atom. The van der Waals surface area contributed by atoms with Gasteiger partial charge in [-0.3, -0.25) is 19.2 Å². The topological polar surface area (TPSA) is 173 Å². The highest BCUT2D eigenvalue weighted by Crippen LogP contribution is 2.52. The number of nitrogens with zero attached hydrogens (tertiary/aromatic N) is 2. The van der Waals surface area contributed by atoms with Gasteiger partial charge in [0.2, 0.25) is 0 Å². The summed E-state index contributed by atoms with van der Waals surface area (Å²) in [5.74, 6) is -0.351. The molecule has 2 heterocycles. The van der Waals surface area contributed by atoms with Gasteiger partial charge in [-0.1, -0.05) is 36.4 Å². The Kier molecular flexibility index (Phi) is 10.2. The fourth-order valence-electron chi connectivity index (χ4n) is 8.37. The fraction of sp³-hybridized carbons (Fsp3) is 0.0980. The number of hydrogen-bond donors (Lipinski definition) is 2. The van der Waals surface area contributed by atoms with E-state index in [9.17, 15) is 19.2 Å². The van der Waals surface area contributed by atoms with Gasteiger partial charge in [-0.25, -0.2) is 9.80 Å². The minimum Gasteiger partial charge on any atom is -0.496 e. The first-order valence-corrected chi connectivity index (χ1v) is 20.0. The predicted molar refractivity (Wildman–Crippen MR) is 245 cm³/mol. The number of fused-ring (bicyclic) bond motifs is 2. The molecule has 9 rings (SSSR count). The zero-order valence-corrected chi connectivity index (χ0v) is 35.3. The molecular formula is C51H40N4O9. The van der Waals surface area contributed by atoms with Crippen LogP contribution in [0, 0.1) is 0 Å². The van der Waals surface area contributed by atoms with Crippen LogP contribution in [0.25, 0.3) is 44.5 Å². The van der Waals surface area contributed by atoms with Crippen LogP contribution in [-0.4, -0.2) is 59.2 Å². The van der Waals surface area contributed by atoms with E-state index >= 15 is 0 Å². The van der Waals surface area contributed by atoms with Gasteiger partial charge < -0.3 is 35.2 Å². The Morgan fingerprint density at radius 2 is 0.719 bits per heavy atom. The van der Waals surface area contributed by atoms with Gasteiger partial charge >= 0.3 is 0 Å². The molecule has 0 fully saturated rings. The van der Waals surface area contributed by atoms with Crippen molar-refractivity contribution < 1.29 is 42.9 Å². The third-order valence-corrected chi connectivity index (χ3v) is 11.5. The van der Waals surface area contributed by atoms with Gasteiger partial charge in [0.15, 0.2) is 11.5 Å². The Balaban J connectivity index is 1.05. The standard InChI is InChI=1S/C51H40N4O9/c1-60-42-24-33(54-48(56)37-17-10-29(22-40(37)50(54)58)27-6-12-31(52)13-7-27)16-19-35(42)36-20-21-39(47(64-5)46(36)63-4)45-43(61-2)25-34(26-44(45)62-3)55-49(57)38-18-11-30(23-41(38)51(55)59)28-8-14-32(53)15-9-28/h6-26H,52-53H2,1-5H3. The summed E-state index contributed by atoms with van der Waals surface area (Å²) in [5.41, 5.74) is 20.0. The first kappa shape index (κ1) is 40.8. The summed E-state index contributed by atoms with van der Waals surface area (Å²) in [6.07, 6.45) is 0. The number of methoxy groups -OCH3 is 5. The van der Waals surface area contributed by atoms with Crippen molar-refractivity contribution in [1.29, 1.82) is 0 Å². The molecule has 64 heavy (non-hydrogen) atoms. The molecule has 13 nitrogen and oxygen atoms in total. The van der Waals surface area contributed by atoms with Gasteiger partial charge in [0, 0.05) is 46.3 Å². The zero-order valence-electron chi connectivity index (χ0n) is 35.3. The van der Waals surface area contributed by atoms with Crippen LogP contribution >= 0.6 is 0 Å². The molecule has 0 spiro atoms. The van der Waals surface area contributed by atoms with Crippen LogP contribution in [0.1, 0.15) is 41.4 Å². The molecule has 7 aromatic rings. The normalized spacial score (nSPS) is 13.0. The molecule has 318 valence electrons. The maximum atomic E-state index is 14.0. The summed E-state index contributed by atoms with van der Waals surface area (Å²) in [5, 5.41) is 0. The maximum Gasteiger partial charge on any atom is 0.266 e. The number of imide groups is 2. The Morgan fingerprint density at radius 1 is 0.344 bits per heavy atom. The summed E-state index contributed by atoms with van der Waals surface area (Å²) in [4.78, 5) is 57.6. The lowest BCUT2D eigenvalue weighted by atomic mass is 9.95. The van der Waals surface area contributed by atoms with Crippen molar-refractivity contribution in [1.82, 2.24) is 0 Å². The first-order chi connectivity index (χ1) is 31.0. The summed E-state index contributed by atoms with van der Waals surface area (Å²) in [7, 11) is 7.44. The number of carbonyl (C=O) groups excluding carboxylic acids is 4.